The summed E-state index contributed by atoms with van der Waals surface area (Å²) < 4.78 is 8.64. The minimum absolute atomic E-state index is 0. The molecule has 4 rings (SSSR count). The largest absolute Gasteiger partial charge is 0.478 e. The van der Waals surface area contributed by atoms with Crippen molar-refractivity contribution in [2.24, 2.45) is 5.92 Å². The van der Waals surface area contributed by atoms with E-state index in [1.807, 2.05) is 56.5 Å². The molecule has 0 radical (unpaired) electrons. The molecule has 2 aromatic rings. The first kappa shape index (κ1) is 46.9. The van der Waals surface area contributed by atoms with Gasteiger partial charge in [-0.15, -0.1) is 0 Å². The number of nitrogens with one attached hydrogen (secondary N) is 4. The first-order valence-electron chi connectivity index (χ1n) is 19.0. The molecule has 2 atom stereocenters. The Hall–Kier alpha value is -5.30. The lowest BCUT2D eigenvalue weighted by atomic mass is 9.74. The van der Waals surface area contributed by atoms with E-state index in [4.69, 9.17) is 4.74 Å². The maximum atomic E-state index is 12.1. The van der Waals surface area contributed by atoms with Crippen molar-refractivity contribution in [1.29, 1.82) is 0 Å². The Morgan fingerprint density at radius 2 is 1.27 bits per heavy atom. The highest BCUT2D eigenvalue weighted by atomic mass is 16.5. The van der Waals surface area contributed by atoms with Crippen LogP contribution in [0.4, 0.5) is 0 Å². The third kappa shape index (κ3) is 14.4. The van der Waals surface area contributed by atoms with Crippen LogP contribution in [0, 0.1) is 12.8 Å². The Labute approximate surface area is 332 Å². The molecule has 4 amide bonds. The van der Waals surface area contributed by atoms with Gasteiger partial charge in [0.1, 0.15) is 24.6 Å². The highest BCUT2D eigenvalue weighted by Gasteiger charge is 2.38. The summed E-state index contributed by atoms with van der Waals surface area (Å²) in [4.78, 5) is 59.8. The molecule has 2 aromatic carbocycles. The molecule has 13 nitrogen and oxygen atoms in total. The van der Waals surface area contributed by atoms with Crippen LogP contribution in [-0.2, 0) is 19.2 Å². The lowest BCUT2D eigenvalue weighted by Crippen LogP contribution is -2.31. The number of carboxylic acid groups (broad SMARTS) is 1. The second kappa shape index (κ2) is 24.3. The number of carbonyl (C=O) groups excluding carboxylic acids is 4. The smallest absolute Gasteiger partial charge is 0.335 e. The van der Waals surface area contributed by atoms with Gasteiger partial charge in [0.25, 0.3) is 0 Å². The molecule has 13 heteroatoms. The van der Waals surface area contributed by atoms with Crippen molar-refractivity contribution in [3.8, 4) is 5.75 Å². The number of allylic oxidation sites excluding steroid dienone is 3. The molecule has 1 heterocycles. The highest BCUT2D eigenvalue weighted by Crippen LogP contribution is 2.48. The average molecular weight is 776 g/mol. The second-order valence-electron chi connectivity index (χ2n) is 13.8. The molecule has 2 aliphatic rings. The number of nitrogens with zero attached hydrogens (tertiary/aromatic N) is 2. The Morgan fingerprint density at radius 3 is 1.79 bits per heavy atom. The molecule has 0 bridgehead atoms. The first-order valence-corrected chi connectivity index (χ1v) is 19.0. The normalized spacial score (nSPS) is 15.0. The molecule has 56 heavy (non-hydrogen) atoms. The SMILES string of the molecule is C.CNC(=O)CCCN(C)CCCC(=O)NC.CNC(=O)CCC[N+](CCCC(=O)NC)=C1C=CC2C(=C1)Oc1cc(C)ccc1C2c1ccccc1C(=O)O. The van der Waals surface area contributed by atoms with Crippen molar-refractivity contribution in [3.63, 3.8) is 0 Å². The van der Waals surface area contributed by atoms with Crippen molar-refractivity contribution >= 4 is 35.3 Å². The van der Waals surface area contributed by atoms with E-state index in [0.29, 0.717) is 51.6 Å². The maximum Gasteiger partial charge on any atom is 0.335 e. The molecule has 0 aromatic heterocycles. The summed E-state index contributed by atoms with van der Waals surface area (Å²) in [6, 6.07) is 13.2. The van der Waals surface area contributed by atoms with Gasteiger partial charge in [0, 0.05) is 96.3 Å². The minimum Gasteiger partial charge on any atom is -0.478 e. The number of hydrogen-bond donors (Lipinski definition) is 5. The van der Waals surface area contributed by atoms with Gasteiger partial charge in [-0.3, -0.25) is 19.2 Å². The third-order valence-corrected chi connectivity index (χ3v) is 9.74. The maximum absolute atomic E-state index is 12.1. The van der Waals surface area contributed by atoms with Crippen LogP contribution >= 0.6 is 0 Å². The number of amides is 4. The monoisotopic (exact) mass is 775 g/mol. The zero-order valence-electron chi connectivity index (χ0n) is 33.2. The van der Waals surface area contributed by atoms with E-state index in [0.717, 1.165) is 59.8 Å². The van der Waals surface area contributed by atoms with Gasteiger partial charge in [-0.2, -0.15) is 0 Å². The van der Waals surface area contributed by atoms with Gasteiger partial charge in [-0.1, -0.05) is 43.8 Å². The van der Waals surface area contributed by atoms with Gasteiger partial charge < -0.3 is 36.0 Å². The number of rotatable bonds is 18. The molecule has 0 saturated heterocycles. The van der Waals surface area contributed by atoms with Crippen molar-refractivity contribution in [2.75, 3.05) is 61.4 Å². The van der Waals surface area contributed by atoms with Crippen molar-refractivity contribution in [1.82, 2.24) is 26.2 Å². The van der Waals surface area contributed by atoms with Crippen LogP contribution in [0.3, 0.4) is 0 Å². The summed E-state index contributed by atoms with van der Waals surface area (Å²) in [6.45, 7) is 5.08. The molecule has 1 aliphatic carbocycles. The van der Waals surface area contributed by atoms with Crippen molar-refractivity contribution in [2.45, 2.75) is 71.6 Å². The molecule has 0 fully saturated rings. The van der Waals surface area contributed by atoms with Gasteiger partial charge in [-0.25, -0.2) is 9.37 Å². The number of hydrogen-bond acceptors (Lipinski definition) is 7. The number of ether oxygens (including phenoxy) is 1. The standard InChI is InChI=1S/C31H35N3O5.C11H23N3O2.CH4/c1-20-12-14-24-26(18-20)39-27-19-21(34(16-6-10-28(35)32-2)17-7-11-29(36)33-3)13-15-25(27)30(24)22-8-4-5-9-23(22)31(37)38;1-12-10(15)6-4-8-14(3)9-5-7-11(16)13-2;/h4-5,8-9,12-15,18-19,25,30H,6-7,10-11,16-17H2,1-3H3,(H2-,32,33,35,36,37,38);4-9H2,1-3H3,(H,12,15)(H,13,16);1H4/p+1. The minimum atomic E-state index is -0.957. The van der Waals surface area contributed by atoms with Crippen LogP contribution in [0.25, 0.3) is 0 Å². The van der Waals surface area contributed by atoms with E-state index < -0.39 is 5.97 Å². The Kier molecular flexibility index (Phi) is 20.3. The van der Waals surface area contributed by atoms with Gasteiger partial charge >= 0.3 is 5.97 Å². The summed E-state index contributed by atoms with van der Waals surface area (Å²) >= 11 is 0. The van der Waals surface area contributed by atoms with Crippen LogP contribution in [0.15, 0.2) is 66.5 Å². The summed E-state index contributed by atoms with van der Waals surface area (Å²) in [6.07, 6.45) is 11.2. The summed E-state index contributed by atoms with van der Waals surface area (Å²) in [7, 11) is 8.57. The quantitative estimate of drug-likeness (QED) is 0.139. The van der Waals surface area contributed by atoms with Crippen LogP contribution in [-0.4, -0.2) is 111 Å². The van der Waals surface area contributed by atoms with Gasteiger partial charge in [-0.05, 0) is 63.2 Å². The topological polar surface area (TPSA) is 169 Å². The predicted molar refractivity (Wildman–Crippen MR) is 220 cm³/mol. The molecule has 306 valence electrons. The van der Waals surface area contributed by atoms with E-state index in [1.54, 1.807) is 40.3 Å². The van der Waals surface area contributed by atoms with E-state index >= 15 is 0 Å². The van der Waals surface area contributed by atoms with E-state index in [-0.39, 0.29) is 48.5 Å². The Bertz CT molecular complexity index is 1710. The number of fused-ring (bicyclic) bond motifs is 2. The van der Waals surface area contributed by atoms with Gasteiger partial charge in [0.2, 0.25) is 29.3 Å². The molecule has 0 saturated carbocycles. The molecule has 1 aliphatic heterocycles. The zero-order valence-corrected chi connectivity index (χ0v) is 33.2. The lowest BCUT2D eigenvalue weighted by molar-refractivity contribution is -0.527. The number of aryl methyl sites for hydroxylation is 1. The lowest BCUT2D eigenvalue weighted by Gasteiger charge is -2.36. The van der Waals surface area contributed by atoms with Crippen LogP contribution < -0.4 is 26.0 Å². The van der Waals surface area contributed by atoms with E-state index in [1.165, 1.54) is 0 Å². The van der Waals surface area contributed by atoms with Gasteiger partial charge in [0.05, 0.1) is 5.56 Å². The van der Waals surface area contributed by atoms with Crippen LogP contribution in [0.5, 0.6) is 5.75 Å². The highest BCUT2D eigenvalue weighted by molar-refractivity contribution is 6.02. The molecular formula is C43H63N6O7+. The number of aromatic carboxylic acids is 1. The number of carbonyl (C=O) groups is 5. The van der Waals surface area contributed by atoms with E-state index in [2.05, 4.69) is 36.8 Å². The molecule has 2 unspecified atom stereocenters. The first-order chi connectivity index (χ1) is 26.4. The third-order valence-electron chi connectivity index (χ3n) is 9.74. The average Bonchev–Trinajstić information content (AvgIpc) is 3.18. The second-order valence-corrected chi connectivity index (χ2v) is 13.8. The number of carboxylic acids is 1. The fourth-order valence-corrected chi connectivity index (χ4v) is 6.65. The Balaban J connectivity index is 0.000000541. The van der Waals surface area contributed by atoms with Crippen molar-refractivity contribution in [3.05, 3.63) is 88.7 Å². The fourth-order valence-electron chi connectivity index (χ4n) is 6.65. The fraction of sp³-hybridized carbons (Fsp3) is 0.488. The molecule has 0 spiro atoms. The summed E-state index contributed by atoms with van der Waals surface area (Å²) in [5, 5.41) is 20.5. The van der Waals surface area contributed by atoms with Crippen LogP contribution in [0.2, 0.25) is 0 Å². The molecular weight excluding hydrogens is 713 g/mol. The van der Waals surface area contributed by atoms with E-state index in [9.17, 15) is 29.1 Å². The van der Waals surface area contributed by atoms with Gasteiger partial charge in [0.15, 0.2) is 0 Å². The number of benzene rings is 2. The summed E-state index contributed by atoms with van der Waals surface area (Å²) in [5.41, 5.74) is 3.98. The zero-order chi connectivity index (χ0) is 40.3. The van der Waals surface area contributed by atoms with Crippen molar-refractivity contribution < 1.29 is 38.4 Å². The predicted octanol–water partition coefficient (Wildman–Crippen LogP) is 4.40. The summed E-state index contributed by atoms with van der Waals surface area (Å²) in [5.74, 6) is 0.264. The Morgan fingerprint density at radius 1 is 0.750 bits per heavy atom. The van der Waals surface area contributed by atoms with Crippen LogP contribution in [0.1, 0.15) is 91.8 Å². The molecule has 5 N–H and O–H groups in total.